The molecule has 0 heterocycles. The fraction of sp³-hybridized carbons (Fsp3) is 0.333. The van der Waals surface area contributed by atoms with Crippen LogP contribution in [-0.2, 0) is 10.9 Å². The van der Waals surface area contributed by atoms with Gasteiger partial charge in [0.15, 0.2) is 6.10 Å². The molecule has 2 rings (SSSR count). The predicted molar refractivity (Wildman–Crippen MR) is 86.0 cm³/mol. The van der Waals surface area contributed by atoms with Crippen LogP contribution in [0.5, 0.6) is 5.75 Å². The number of alkyl halides is 3. The second kappa shape index (κ2) is 8.17. The summed E-state index contributed by atoms with van der Waals surface area (Å²) in [4.78, 5) is 0. The maximum atomic E-state index is 12.7. The zero-order valence-electron chi connectivity index (χ0n) is 13.5. The first kappa shape index (κ1) is 18.3. The van der Waals surface area contributed by atoms with E-state index in [1.807, 2.05) is 18.2 Å². The lowest BCUT2D eigenvalue weighted by Crippen LogP contribution is -2.34. The number of rotatable bonds is 7. The topological polar surface area (TPSA) is 30.5 Å². The monoisotopic (exact) mass is 339 g/mol. The number of hydrogen-bond donors (Lipinski definition) is 1. The summed E-state index contributed by atoms with van der Waals surface area (Å²) in [7, 11) is 3.33. The first-order chi connectivity index (χ1) is 11.5. The lowest BCUT2D eigenvalue weighted by molar-refractivity contribution is -0.137. The Hall–Kier alpha value is -2.05. The van der Waals surface area contributed by atoms with Crippen LogP contribution in [0, 0.1) is 0 Å². The number of benzene rings is 2. The maximum Gasteiger partial charge on any atom is 0.416 e. The maximum absolute atomic E-state index is 12.7. The molecule has 0 aliphatic carbocycles. The Bertz CT molecular complexity index is 614. The normalized spacial score (nSPS) is 14.2. The summed E-state index contributed by atoms with van der Waals surface area (Å²) >= 11 is 0. The molecular weight excluding hydrogens is 319 g/mol. The summed E-state index contributed by atoms with van der Waals surface area (Å²) in [6, 6.07) is 14.1. The molecule has 0 saturated carbocycles. The largest absolute Gasteiger partial charge is 0.483 e. The van der Waals surface area contributed by atoms with Crippen LogP contribution < -0.4 is 10.1 Å². The fourth-order valence-corrected chi connectivity index (χ4v) is 2.38. The van der Waals surface area contributed by atoms with Crippen molar-refractivity contribution in [1.82, 2.24) is 5.32 Å². The number of nitrogens with one attached hydrogen (secondary N) is 1. The lowest BCUT2D eigenvalue weighted by atomic mass is 10.0. The van der Waals surface area contributed by atoms with Crippen molar-refractivity contribution < 1.29 is 22.6 Å². The van der Waals surface area contributed by atoms with Crippen molar-refractivity contribution in [2.24, 2.45) is 0 Å². The van der Waals surface area contributed by atoms with Crippen molar-refractivity contribution in [3.63, 3.8) is 0 Å². The predicted octanol–water partition coefficient (Wildman–Crippen LogP) is 4.06. The highest BCUT2D eigenvalue weighted by atomic mass is 19.4. The van der Waals surface area contributed by atoms with Gasteiger partial charge in [-0.3, -0.25) is 0 Å². The first-order valence-electron chi connectivity index (χ1n) is 7.52. The standard InChI is InChI=1S/C18H20F3NO2/c1-22-12-16(23-2)17(24-15-6-4-3-5-7-15)13-8-10-14(11-9-13)18(19,20)21/h3-11,16-17,22H,12H2,1-2H3. The minimum Gasteiger partial charge on any atom is -0.483 e. The highest BCUT2D eigenvalue weighted by Crippen LogP contribution is 2.32. The number of likely N-dealkylation sites (N-methyl/N-ethyl adjacent to an activating group) is 1. The highest BCUT2D eigenvalue weighted by Gasteiger charge is 2.31. The zero-order chi connectivity index (χ0) is 17.6. The van der Waals surface area contributed by atoms with E-state index in [9.17, 15) is 13.2 Å². The molecule has 0 fully saturated rings. The van der Waals surface area contributed by atoms with Crippen LogP contribution in [0.1, 0.15) is 17.2 Å². The van der Waals surface area contributed by atoms with Gasteiger partial charge in [0.1, 0.15) is 11.9 Å². The quantitative estimate of drug-likeness (QED) is 0.825. The molecule has 6 heteroatoms. The van der Waals surface area contributed by atoms with Crippen LogP contribution in [0.25, 0.3) is 0 Å². The molecule has 1 N–H and O–H groups in total. The molecule has 2 aromatic carbocycles. The number of para-hydroxylation sites is 1. The van der Waals surface area contributed by atoms with Gasteiger partial charge in [-0.2, -0.15) is 13.2 Å². The van der Waals surface area contributed by atoms with Crippen molar-refractivity contribution in [3.05, 3.63) is 65.7 Å². The van der Waals surface area contributed by atoms with Crippen molar-refractivity contribution in [3.8, 4) is 5.75 Å². The van der Waals surface area contributed by atoms with Crippen LogP contribution in [-0.4, -0.2) is 26.8 Å². The summed E-state index contributed by atoms with van der Waals surface area (Å²) in [5, 5.41) is 3.01. The molecule has 2 aromatic rings. The second-order valence-corrected chi connectivity index (χ2v) is 5.30. The third-order valence-corrected chi connectivity index (χ3v) is 3.62. The average molecular weight is 339 g/mol. The third kappa shape index (κ3) is 4.72. The highest BCUT2D eigenvalue weighted by molar-refractivity contribution is 5.29. The van der Waals surface area contributed by atoms with E-state index in [2.05, 4.69) is 5.32 Å². The van der Waals surface area contributed by atoms with E-state index in [1.165, 1.54) is 12.1 Å². The van der Waals surface area contributed by atoms with Crippen LogP contribution >= 0.6 is 0 Å². The molecule has 0 saturated heterocycles. The SMILES string of the molecule is CNCC(OC)C(Oc1ccccc1)c1ccc(C(F)(F)F)cc1. The van der Waals surface area contributed by atoms with Crippen molar-refractivity contribution >= 4 is 0 Å². The Labute approximate surface area is 139 Å². The Kier molecular flexibility index (Phi) is 6.23. The van der Waals surface area contributed by atoms with Crippen molar-refractivity contribution in [2.45, 2.75) is 18.4 Å². The van der Waals surface area contributed by atoms with Crippen LogP contribution in [0.4, 0.5) is 13.2 Å². The van der Waals surface area contributed by atoms with E-state index < -0.39 is 17.8 Å². The molecule has 0 spiro atoms. The Balaban J connectivity index is 2.30. The van der Waals surface area contributed by atoms with Gasteiger partial charge in [-0.15, -0.1) is 0 Å². The molecule has 0 amide bonds. The molecule has 0 radical (unpaired) electrons. The Morgan fingerprint density at radius 1 is 1.00 bits per heavy atom. The molecular formula is C18H20F3NO2. The third-order valence-electron chi connectivity index (χ3n) is 3.62. The van der Waals surface area contributed by atoms with Gasteiger partial charge in [0, 0.05) is 13.7 Å². The lowest BCUT2D eigenvalue weighted by Gasteiger charge is -2.27. The Morgan fingerprint density at radius 3 is 2.12 bits per heavy atom. The average Bonchev–Trinajstić information content (AvgIpc) is 2.58. The van der Waals surface area contributed by atoms with Crippen molar-refractivity contribution in [2.75, 3.05) is 20.7 Å². The van der Waals surface area contributed by atoms with Gasteiger partial charge in [-0.25, -0.2) is 0 Å². The smallest absolute Gasteiger partial charge is 0.416 e. The van der Waals surface area contributed by atoms with Gasteiger partial charge in [0.05, 0.1) is 5.56 Å². The molecule has 24 heavy (non-hydrogen) atoms. The first-order valence-corrected chi connectivity index (χ1v) is 7.52. The van der Waals surface area contributed by atoms with E-state index in [0.717, 1.165) is 12.1 Å². The molecule has 2 unspecified atom stereocenters. The Morgan fingerprint density at radius 2 is 1.62 bits per heavy atom. The molecule has 0 bridgehead atoms. The minimum atomic E-state index is -4.36. The summed E-state index contributed by atoms with van der Waals surface area (Å²) in [6.07, 6.45) is -5.25. The van der Waals surface area contributed by atoms with Gasteiger partial charge in [-0.05, 0) is 36.9 Å². The van der Waals surface area contributed by atoms with Gasteiger partial charge >= 0.3 is 6.18 Å². The van der Waals surface area contributed by atoms with Gasteiger partial charge in [0.2, 0.25) is 0 Å². The summed E-state index contributed by atoms with van der Waals surface area (Å²) in [6.45, 7) is 0.495. The molecule has 3 nitrogen and oxygen atoms in total. The minimum absolute atomic E-state index is 0.355. The van der Waals surface area contributed by atoms with E-state index in [4.69, 9.17) is 9.47 Å². The fourth-order valence-electron chi connectivity index (χ4n) is 2.38. The number of hydrogen-bond acceptors (Lipinski definition) is 3. The number of methoxy groups -OCH3 is 1. The van der Waals surface area contributed by atoms with Gasteiger partial charge in [-0.1, -0.05) is 30.3 Å². The van der Waals surface area contributed by atoms with E-state index in [-0.39, 0.29) is 6.10 Å². The molecule has 130 valence electrons. The van der Waals surface area contributed by atoms with E-state index in [0.29, 0.717) is 17.9 Å². The molecule has 0 aliphatic heterocycles. The van der Waals surface area contributed by atoms with E-state index >= 15 is 0 Å². The molecule has 0 aliphatic rings. The van der Waals surface area contributed by atoms with E-state index in [1.54, 1.807) is 26.3 Å². The summed E-state index contributed by atoms with van der Waals surface area (Å²) in [5.74, 6) is 0.626. The molecule has 2 atom stereocenters. The van der Waals surface area contributed by atoms with Crippen LogP contribution in [0.3, 0.4) is 0 Å². The van der Waals surface area contributed by atoms with Crippen molar-refractivity contribution in [1.29, 1.82) is 0 Å². The zero-order valence-corrected chi connectivity index (χ0v) is 13.5. The van der Waals surface area contributed by atoms with Crippen LogP contribution in [0.2, 0.25) is 0 Å². The van der Waals surface area contributed by atoms with Gasteiger partial charge in [0.25, 0.3) is 0 Å². The van der Waals surface area contributed by atoms with Crippen LogP contribution in [0.15, 0.2) is 54.6 Å². The second-order valence-electron chi connectivity index (χ2n) is 5.30. The summed E-state index contributed by atoms with van der Waals surface area (Å²) in [5.41, 5.74) is -0.0683. The number of ether oxygens (including phenoxy) is 2. The van der Waals surface area contributed by atoms with Gasteiger partial charge < -0.3 is 14.8 Å². The summed E-state index contributed by atoms with van der Waals surface area (Å²) < 4.78 is 49.7. The number of halogens is 3. The molecule has 0 aromatic heterocycles.